The van der Waals surface area contributed by atoms with Crippen molar-refractivity contribution in [1.82, 2.24) is 0 Å². The second kappa shape index (κ2) is 3.96. The quantitative estimate of drug-likeness (QED) is 0.801. The molecule has 88 valence electrons. The Hall–Kier alpha value is -1.69. The van der Waals surface area contributed by atoms with E-state index in [0.29, 0.717) is 12.2 Å². The van der Waals surface area contributed by atoms with Crippen LogP contribution < -0.4 is 4.90 Å². The Labute approximate surface area is 101 Å². The first-order valence-electron chi connectivity index (χ1n) is 6.29. The zero-order valence-electron chi connectivity index (χ0n) is 9.87. The minimum atomic E-state index is 0.312. The molecule has 1 aromatic carbocycles. The minimum absolute atomic E-state index is 0.312. The molecule has 0 spiro atoms. The predicted molar refractivity (Wildman–Crippen MR) is 66.3 cm³/mol. The van der Waals surface area contributed by atoms with Crippen LogP contribution in [0.2, 0.25) is 0 Å². The van der Waals surface area contributed by atoms with Gasteiger partial charge in [0.25, 0.3) is 0 Å². The molecule has 17 heavy (non-hydrogen) atoms. The highest BCUT2D eigenvalue weighted by Crippen LogP contribution is 2.41. The van der Waals surface area contributed by atoms with Crippen molar-refractivity contribution >= 4 is 5.69 Å². The molecule has 0 fully saturated rings. The van der Waals surface area contributed by atoms with Gasteiger partial charge < -0.3 is 10.0 Å². The van der Waals surface area contributed by atoms with Gasteiger partial charge in [0.05, 0.1) is 12.5 Å². The number of nitrogens with zero attached hydrogens (tertiary/aromatic N) is 2. The standard InChI is InChI=1S/C14H16N2O/c15-6-5-11-9-10-3-1-7-16-8-2-4-12(13(10)16)14(11)17/h9,17H,1-5,7-8H2. The Morgan fingerprint density at radius 3 is 2.82 bits per heavy atom. The van der Waals surface area contributed by atoms with Crippen molar-refractivity contribution in [2.45, 2.75) is 32.1 Å². The van der Waals surface area contributed by atoms with E-state index in [1.54, 1.807) is 0 Å². The van der Waals surface area contributed by atoms with Gasteiger partial charge >= 0.3 is 0 Å². The highest BCUT2D eigenvalue weighted by molar-refractivity contribution is 5.69. The number of hydrogen-bond acceptors (Lipinski definition) is 3. The molecule has 1 aromatic rings. The van der Waals surface area contributed by atoms with Crippen molar-refractivity contribution in [1.29, 1.82) is 5.26 Å². The summed E-state index contributed by atoms with van der Waals surface area (Å²) in [6.45, 7) is 2.22. The fraction of sp³-hybridized carbons (Fsp3) is 0.500. The topological polar surface area (TPSA) is 47.3 Å². The van der Waals surface area contributed by atoms with E-state index in [4.69, 9.17) is 5.26 Å². The lowest BCUT2D eigenvalue weighted by Crippen LogP contribution is -2.34. The molecule has 0 saturated carbocycles. The summed E-state index contributed by atoms with van der Waals surface area (Å²) in [6, 6.07) is 4.18. The molecule has 2 aliphatic heterocycles. The van der Waals surface area contributed by atoms with Crippen LogP contribution in [-0.2, 0) is 19.3 Å². The number of aromatic hydroxyl groups is 1. The number of benzene rings is 1. The van der Waals surface area contributed by atoms with Gasteiger partial charge in [-0.3, -0.25) is 0 Å². The highest BCUT2D eigenvalue weighted by Gasteiger charge is 2.27. The molecule has 0 atom stereocenters. The van der Waals surface area contributed by atoms with Crippen LogP contribution in [0.4, 0.5) is 5.69 Å². The fourth-order valence-corrected chi connectivity index (χ4v) is 3.13. The molecule has 1 N–H and O–H groups in total. The third-order valence-corrected chi connectivity index (χ3v) is 3.84. The molecular weight excluding hydrogens is 212 g/mol. The summed E-state index contributed by atoms with van der Waals surface area (Å²) < 4.78 is 0. The lowest BCUT2D eigenvalue weighted by Gasteiger charge is -2.37. The Morgan fingerprint density at radius 1 is 1.29 bits per heavy atom. The van der Waals surface area contributed by atoms with Gasteiger partial charge in [-0.05, 0) is 37.3 Å². The van der Waals surface area contributed by atoms with E-state index >= 15 is 0 Å². The van der Waals surface area contributed by atoms with E-state index < -0.39 is 0 Å². The fourth-order valence-electron chi connectivity index (χ4n) is 3.13. The average Bonchev–Trinajstić information content (AvgIpc) is 2.36. The third kappa shape index (κ3) is 1.56. The molecule has 0 unspecified atom stereocenters. The largest absolute Gasteiger partial charge is 0.507 e. The lowest BCUT2D eigenvalue weighted by atomic mass is 9.88. The van der Waals surface area contributed by atoms with Crippen molar-refractivity contribution in [2.75, 3.05) is 18.0 Å². The van der Waals surface area contributed by atoms with Crippen LogP contribution in [0.15, 0.2) is 6.07 Å². The van der Waals surface area contributed by atoms with E-state index in [9.17, 15) is 5.11 Å². The number of phenols is 1. The van der Waals surface area contributed by atoms with Gasteiger partial charge in [0.1, 0.15) is 5.75 Å². The summed E-state index contributed by atoms with van der Waals surface area (Å²) in [5.41, 5.74) is 4.49. The zero-order chi connectivity index (χ0) is 11.8. The van der Waals surface area contributed by atoms with Crippen LogP contribution >= 0.6 is 0 Å². The monoisotopic (exact) mass is 228 g/mol. The Morgan fingerprint density at radius 2 is 2.06 bits per heavy atom. The van der Waals surface area contributed by atoms with Crippen LogP contribution in [0.25, 0.3) is 0 Å². The first kappa shape index (κ1) is 10.5. The van der Waals surface area contributed by atoms with Crippen molar-refractivity contribution < 1.29 is 5.11 Å². The second-order valence-corrected chi connectivity index (χ2v) is 4.90. The smallest absolute Gasteiger partial charge is 0.125 e. The number of anilines is 1. The molecule has 0 radical (unpaired) electrons. The summed E-state index contributed by atoms with van der Waals surface area (Å²) in [4.78, 5) is 2.40. The summed E-state index contributed by atoms with van der Waals surface area (Å²) in [5, 5.41) is 19.1. The molecule has 3 rings (SSSR count). The van der Waals surface area contributed by atoms with Crippen LogP contribution in [0, 0.1) is 11.3 Å². The van der Waals surface area contributed by atoms with Gasteiger partial charge in [0, 0.05) is 29.9 Å². The normalized spacial score (nSPS) is 17.5. The highest BCUT2D eigenvalue weighted by atomic mass is 16.3. The van der Waals surface area contributed by atoms with Crippen LogP contribution in [0.1, 0.15) is 29.5 Å². The number of aryl methyl sites for hydroxylation is 1. The molecule has 2 heterocycles. The maximum absolute atomic E-state index is 10.2. The van der Waals surface area contributed by atoms with E-state index in [1.807, 2.05) is 6.07 Å². The van der Waals surface area contributed by atoms with Crippen molar-refractivity contribution in [3.8, 4) is 11.8 Å². The Bertz CT molecular complexity index is 500. The molecule has 0 aromatic heterocycles. The van der Waals surface area contributed by atoms with E-state index in [-0.39, 0.29) is 0 Å². The maximum Gasteiger partial charge on any atom is 0.125 e. The van der Waals surface area contributed by atoms with E-state index in [2.05, 4.69) is 11.0 Å². The number of phenolic OH excluding ortho intramolecular Hbond substituents is 1. The van der Waals surface area contributed by atoms with Gasteiger partial charge in [-0.25, -0.2) is 0 Å². The van der Waals surface area contributed by atoms with Gasteiger partial charge in [-0.1, -0.05) is 0 Å². The van der Waals surface area contributed by atoms with Crippen molar-refractivity contribution in [3.63, 3.8) is 0 Å². The molecule has 0 amide bonds. The number of hydrogen-bond donors (Lipinski definition) is 1. The summed E-state index contributed by atoms with van der Waals surface area (Å²) >= 11 is 0. The van der Waals surface area contributed by atoms with Gasteiger partial charge in [0.2, 0.25) is 0 Å². The van der Waals surface area contributed by atoms with Crippen LogP contribution in [-0.4, -0.2) is 18.2 Å². The maximum atomic E-state index is 10.2. The van der Waals surface area contributed by atoms with E-state index in [0.717, 1.165) is 43.5 Å². The first-order valence-corrected chi connectivity index (χ1v) is 6.29. The first-order chi connectivity index (χ1) is 8.31. The van der Waals surface area contributed by atoms with Crippen LogP contribution in [0.3, 0.4) is 0 Å². The summed E-state index contributed by atoms with van der Waals surface area (Å²) in [5.74, 6) is 0.372. The number of rotatable bonds is 1. The van der Waals surface area contributed by atoms with Gasteiger partial charge in [-0.15, -0.1) is 0 Å². The predicted octanol–water partition coefficient (Wildman–Crippen LogP) is 2.16. The molecule has 0 saturated heterocycles. The molecule has 3 nitrogen and oxygen atoms in total. The lowest BCUT2D eigenvalue weighted by molar-refractivity contribution is 0.457. The molecular formula is C14H16N2O. The number of nitriles is 1. The van der Waals surface area contributed by atoms with Crippen LogP contribution in [0.5, 0.6) is 5.75 Å². The van der Waals surface area contributed by atoms with Gasteiger partial charge in [-0.2, -0.15) is 5.26 Å². The van der Waals surface area contributed by atoms with Crippen molar-refractivity contribution in [3.05, 3.63) is 22.8 Å². The van der Waals surface area contributed by atoms with Crippen molar-refractivity contribution in [2.24, 2.45) is 0 Å². The summed E-state index contributed by atoms with van der Waals surface area (Å²) in [7, 11) is 0. The summed E-state index contributed by atoms with van der Waals surface area (Å²) in [6.07, 6.45) is 4.63. The van der Waals surface area contributed by atoms with Gasteiger partial charge in [0.15, 0.2) is 0 Å². The SMILES string of the molecule is N#CCc1cc2c3c(c1O)CCCN3CCC2. The third-order valence-electron chi connectivity index (χ3n) is 3.84. The molecule has 0 bridgehead atoms. The second-order valence-electron chi connectivity index (χ2n) is 4.90. The Balaban J connectivity index is 2.19. The molecule has 0 aliphatic carbocycles. The minimum Gasteiger partial charge on any atom is -0.507 e. The molecule has 3 heteroatoms. The Kier molecular flexibility index (Phi) is 2.44. The zero-order valence-corrected chi connectivity index (χ0v) is 9.87. The van der Waals surface area contributed by atoms with E-state index in [1.165, 1.54) is 17.7 Å². The molecule has 2 aliphatic rings. The average molecular weight is 228 g/mol.